The second-order valence-electron chi connectivity index (χ2n) is 4.72. The summed E-state index contributed by atoms with van der Waals surface area (Å²) in [6.45, 7) is 5.57. The normalized spacial score (nSPS) is 11.4. The fourth-order valence-corrected chi connectivity index (χ4v) is 2.98. The van der Waals surface area contributed by atoms with Crippen LogP contribution in [0.1, 0.15) is 22.5 Å². The lowest BCUT2D eigenvalue weighted by molar-refractivity contribution is 0.600. The maximum atomic E-state index is 12.4. The van der Waals surface area contributed by atoms with Crippen LogP contribution < -0.4 is 10.5 Å². The number of aromatic nitrogens is 3. The Morgan fingerprint density at radius 1 is 1.14 bits per heavy atom. The quantitative estimate of drug-likeness (QED) is 0.873. The number of rotatable bonds is 4. The number of benzene rings is 1. The SMILES string of the molecule is Cc1cc(CN)ccc1S(=O)(=O)Nc1nnc(C)c(C)n1. The standard InChI is InChI=1S/C13H17N5O2S/c1-8-6-11(7-14)4-5-12(8)21(19,20)18-13-15-9(2)10(3)16-17-13/h4-6H,7,14H2,1-3H3,(H,15,17,18). The summed E-state index contributed by atoms with van der Waals surface area (Å²) in [7, 11) is -3.75. The Morgan fingerprint density at radius 3 is 2.43 bits per heavy atom. The van der Waals surface area contributed by atoms with Crippen LogP contribution in [0, 0.1) is 20.8 Å². The van der Waals surface area contributed by atoms with Crippen molar-refractivity contribution >= 4 is 16.0 Å². The molecule has 0 bridgehead atoms. The molecule has 0 radical (unpaired) electrons. The first-order chi connectivity index (χ1) is 9.83. The lowest BCUT2D eigenvalue weighted by Crippen LogP contribution is -2.17. The minimum Gasteiger partial charge on any atom is -0.326 e. The zero-order valence-corrected chi connectivity index (χ0v) is 12.9. The minimum atomic E-state index is -3.75. The number of sulfonamides is 1. The van der Waals surface area contributed by atoms with Gasteiger partial charge in [-0.15, -0.1) is 5.10 Å². The Hall–Kier alpha value is -2.06. The van der Waals surface area contributed by atoms with E-state index >= 15 is 0 Å². The van der Waals surface area contributed by atoms with Crippen molar-refractivity contribution in [3.8, 4) is 0 Å². The van der Waals surface area contributed by atoms with E-state index in [4.69, 9.17) is 5.73 Å². The molecular formula is C13H17N5O2S. The summed E-state index contributed by atoms with van der Waals surface area (Å²) in [4.78, 5) is 4.23. The van der Waals surface area contributed by atoms with Crippen molar-refractivity contribution in [3.63, 3.8) is 0 Å². The Balaban J connectivity index is 2.36. The van der Waals surface area contributed by atoms with E-state index in [9.17, 15) is 8.42 Å². The van der Waals surface area contributed by atoms with Crippen LogP contribution in [0.2, 0.25) is 0 Å². The van der Waals surface area contributed by atoms with Gasteiger partial charge < -0.3 is 5.73 Å². The Kier molecular flexibility index (Phi) is 4.19. The average molecular weight is 307 g/mol. The molecule has 8 heteroatoms. The van der Waals surface area contributed by atoms with Crippen molar-refractivity contribution in [1.82, 2.24) is 15.2 Å². The van der Waals surface area contributed by atoms with E-state index < -0.39 is 10.0 Å². The highest BCUT2D eigenvalue weighted by molar-refractivity contribution is 7.92. The molecule has 0 aliphatic rings. The van der Waals surface area contributed by atoms with Gasteiger partial charge in [0.1, 0.15) is 0 Å². The molecule has 0 aliphatic heterocycles. The molecule has 7 nitrogen and oxygen atoms in total. The molecule has 0 unspecified atom stereocenters. The zero-order valence-electron chi connectivity index (χ0n) is 12.1. The van der Waals surface area contributed by atoms with Gasteiger partial charge in [0.2, 0.25) is 0 Å². The Morgan fingerprint density at radius 2 is 1.86 bits per heavy atom. The van der Waals surface area contributed by atoms with Crippen LogP contribution >= 0.6 is 0 Å². The molecule has 0 saturated carbocycles. The monoisotopic (exact) mass is 307 g/mol. The van der Waals surface area contributed by atoms with Gasteiger partial charge in [0.25, 0.3) is 16.0 Å². The fraction of sp³-hybridized carbons (Fsp3) is 0.308. The van der Waals surface area contributed by atoms with Crippen molar-refractivity contribution < 1.29 is 8.42 Å². The van der Waals surface area contributed by atoms with Crippen LogP contribution in [0.5, 0.6) is 0 Å². The van der Waals surface area contributed by atoms with Crippen molar-refractivity contribution in [2.24, 2.45) is 5.73 Å². The van der Waals surface area contributed by atoms with Crippen LogP contribution in [0.15, 0.2) is 23.1 Å². The molecule has 0 spiro atoms. The molecule has 2 aromatic rings. The Labute approximate surface area is 123 Å². The van der Waals surface area contributed by atoms with E-state index in [1.165, 1.54) is 6.07 Å². The molecule has 2 rings (SSSR count). The number of aryl methyl sites for hydroxylation is 3. The van der Waals surface area contributed by atoms with E-state index in [1.807, 2.05) is 0 Å². The molecule has 0 atom stereocenters. The van der Waals surface area contributed by atoms with Crippen LogP contribution in [0.25, 0.3) is 0 Å². The molecular weight excluding hydrogens is 290 g/mol. The number of nitrogens with zero attached hydrogens (tertiary/aromatic N) is 3. The number of hydrogen-bond acceptors (Lipinski definition) is 6. The largest absolute Gasteiger partial charge is 0.326 e. The molecule has 1 aromatic carbocycles. The molecule has 21 heavy (non-hydrogen) atoms. The predicted molar refractivity (Wildman–Crippen MR) is 79.2 cm³/mol. The van der Waals surface area contributed by atoms with Crippen LogP contribution in [-0.4, -0.2) is 23.6 Å². The molecule has 0 amide bonds. The van der Waals surface area contributed by atoms with E-state index in [0.29, 0.717) is 23.5 Å². The maximum absolute atomic E-state index is 12.4. The van der Waals surface area contributed by atoms with Gasteiger partial charge in [-0.2, -0.15) is 5.10 Å². The van der Waals surface area contributed by atoms with E-state index in [2.05, 4.69) is 19.9 Å². The second-order valence-corrected chi connectivity index (χ2v) is 6.37. The molecule has 0 fully saturated rings. The van der Waals surface area contributed by atoms with E-state index in [1.54, 1.807) is 32.9 Å². The summed E-state index contributed by atoms with van der Waals surface area (Å²) in [6.07, 6.45) is 0. The minimum absolute atomic E-state index is 0.0413. The van der Waals surface area contributed by atoms with Gasteiger partial charge in [-0.05, 0) is 38.0 Å². The third-order valence-electron chi connectivity index (χ3n) is 3.08. The number of nitrogens with two attached hydrogens (primary N) is 1. The smallest absolute Gasteiger partial charge is 0.264 e. The summed E-state index contributed by atoms with van der Waals surface area (Å²) in [5.41, 5.74) is 8.30. The first-order valence-corrected chi connectivity index (χ1v) is 7.82. The molecule has 0 saturated heterocycles. The van der Waals surface area contributed by atoms with Crippen LogP contribution in [0.4, 0.5) is 5.95 Å². The van der Waals surface area contributed by atoms with Crippen molar-refractivity contribution in [3.05, 3.63) is 40.7 Å². The summed E-state index contributed by atoms with van der Waals surface area (Å²) < 4.78 is 27.1. The number of anilines is 1. The number of hydrogen-bond donors (Lipinski definition) is 2. The average Bonchev–Trinajstić information content (AvgIpc) is 2.42. The van der Waals surface area contributed by atoms with Gasteiger partial charge in [0.15, 0.2) is 0 Å². The van der Waals surface area contributed by atoms with Crippen LogP contribution in [0.3, 0.4) is 0 Å². The second kappa shape index (κ2) is 5.74. The van der Waals surface area contributed by atoms with Crippen molar-refractivity contribution in [1.29, 1.82) is 0 Å². The highest BCUT2D eigenvalue weighted by Crippen LogP contribution is 2.19. The van der Waals surface area contributed by atoms with Crippen LogP contribution in [-0.2, 0) is 16.6 Å². The number of nitrogens with one attached hydrogen (secondary N) is 1. The molecule has 1 heterocycles. The van der Waals surface area contributed by atoms with Gasteiger partial charge in [-0.25, -0.2) is 18.1 Å². The van der Waals surface area contributed by atoms with Gasteiger partial charge in [0, 0.05) is 6.54 Å². The summed E-state index contributed by atoms with van der Waals surface area (Å²) in [6, 6.07) is 4.95. The molecule has 0 aliphatic carbocycles. The third-order valence-corrected chi connectivity index (χ3v) is 4.57. The van der Waals surface area contributed by atoms with Gasteiger partial charge in [0.05, 0.1) is 16.3 Å². The topological polar surface area (TPSA) is 111 Å². The predicted octanol–water partition coefficient (Wildman–Crippen LogP) is 1.06. The van der Waals surface area contributed by atoms with Gasteiger partial charge in [-0.3, -0.25) is 0 Å². The lowest BCUT2D eigenvalue weighted by atomic mass is 10.1. The van der Waals surface area contributed by atoms with E-state index in [-0.39, 0.29) is 10.8 Å². The maximum Gasteiger partial charge on any atom is 0.264 e. The summed E-state index contributed by atoms with van der Waals surface area (Å²) >= 11 is 0. The summed E-state index contributed by atoms with van der Waals surface area (Å²) in [5.74, 6) is -0.0413. The highest BCUT2D eigenvalue weighted by atomic mass is 32.2. The molecule has 1 aromatic heterocycles. The zero-order chi connectivity index (χ0) is 15.6. The highest BCUT2D eigenvalue weighted by Gasteiger charge is 2.19. The summed E-state index contributed by atoms with van der Waals surface area (Å²) in [5, 5.41) is 7.59. The Bertz CT molecular complexity index is 774. The van der Waals surface area contributed by atoms with Crippen molar-refractivity contribution in [2.75, 3.05) is 4.72 Å². The molecule has 3 N–H and O–H groups in total. The molecule has 112 valence electrons. The third kappa shape index (κ3) is 3.34. The first kappa shape index (κ1) is 15.3. The van der Waals surface area contributed by atoms with Gasteiger partial charge in [-0.1, -0.05) is 12.1 Å². The van der Waals surface area contributed by atoms with Crippen molar-refractivity contribution in [2.45, 2.75) is 32.2 Å². The first-order valence-electron chi connectivity index (χ1n) is 6.34. The van der Waals surface area contributed by atoms with Gasteiger partial charge >= 0.3 is 0 Å². The lowest BCUT2D eigenvalue weighted by Gasteiger charge is -2.10. The fourth-order valence-electron chi connectivity index (χ4n) is 1.82. The van der Waals surface area contributed by atoms with E-state index in [0.717, 1.165) is 5.56 Å².